The second kappa shape index (κ2) is 17.9. The number of para-hydroxylation sites is 1. The number of aromatic hydroxyl groups is 1. The Balaban J connectivity index is 0.000000253. The van der Waals surface area contributed by atoms with E-state index in [1.54, 1.807) is 19.1 Å². The van der Waals surface area contributed by atoms with E-state index >= 15 is 0 Å². The highest BCUT2D eigenvalue weighted by atomic mass is 16.6. The fraction of sp³-hybridized carbons (Fsp3) is 0.350. The minimum absolute atomic E-state index is 0.142. The third-order valence-electron chi connectivity index (χ3n) is 8.15. The van der Waals surface area contributed by atoms with E-state index in [0.717, 1.165) is 53.2 Å². The maximum absolute atomic E-state index is 11.5. The van der Waals surface area contributed by atoms with Crippen LogP contribution in [-0.4, -0.2) is 54.2 Å². The Hall–Kier alpha value is -5.38. The molecule has 0 aromatic heterocycles. The minimum Gasteiger partial charge on any atom is -0.508 e. The van der Waals surface area contributed by atoms with Crippen molar-refractivity contribution in [1.29, 1.82) is 0 Å². The molecule has 0 aliphatic carbocycles. The van der Waals surface area contributed by atoms with Crippen LogP contribution < -0.4 is 23.7 Å². The van der Waals surface area contributed by atoms with Gasteiger partial charge in [-0.3, -0.25) is 0 Å². The van der Waals surface area contributed by atoms with Crippen molar-refractivity contribution in [2.45, 2.75) is 71.0 Å². The topological polar surface area (TPSA) is 130 Å². The van der Waals surface area contributed by atoms with Crippen LogP contribution in [0.15, 0.2) is 84.9 Å². The van der Waals surface area contributed by atoms with E-state index in [9.17, 15) is 19.8 Å². The number of hydrogen-bond donors (Lipinski definition) is 2. The first-order valence-corrected chi connectivity index (χ1v) is 17.1. The predicted octanol–water partition coefficient (Wildman–Crippen LogP) is 7.71. The molecule has 0 saturated heterocycles. The molecule has 2 atom stereocenters. The summed E-state index contributed by atoms with van der Waals surface area (Å²) in [6.45, 7) is 5.27. The van der Waals surface area contributed by atoms with Crippen LogP contribution in [0.1, 0.15) is 56.2 Å². The number of esters is 1. The molecule has 0 bridgehead atoms. The fourth-order valence-corrected chi connectivity index (χ4v) is 5.65. The van der Waals surface area contributed by atoms with Crippen molar-refractivity contribution in [3.05, 3.63) is 102 Å². The van der Waals surface area contributed by atoms with E-state index in [0.29, 0.717) is 62.8 Å². The second-order valence-corrected chi connectivity index (χ2v) is 11.9. The highest BCUT2D eigenvalue weighted by Crippen LogP contribution is 2.33. The highest BCUT2D eigenvalue weighted by Gasteiger charge is 2.28. The number of aryl methyl sites for hydroxylation is 3. The minimum atomic E-state index is -0.934. The largest absolute Gasteiger partial charge is 0.508 e. The number of hydrogen-bond acceptors (Lipinski definition) is 9. The number of phenols is 1. The molecular weight excluding hydrogens is 640 g/mol. The summed E-state index contributed by atoms with van der Waals surface area (Å²) in [6.07, 6.45) is 3.85. The number of fused-ring (bicyclic) bond motifs is 2. The number of carbonyl (C=O) groups excluding carboxylic acids is 1. The Morgan fingerprint density at radius 2 is 1.44 bits per heavy atom. The van der Waals surface area contributed by atoms with Crippen molar-refractivity contribution < 1.29 is 48.2 Å². The number of ether oxygens (including phenoxy) is 6. The zero-order valence-electron chi connectivity index (χ0n) is 28.5. The van der Waals surface area contributed by atoms with E-state index in [-0.39, 0.29) is 11.7 Å². The van der Waals surface area contributed by atoms with Crippen molar-refractivity contribution >= 4 is 11.9 Å². The SMILES string of the molecule is CCCc1cc(Oc2ccccc2)ccc1OCCCOc1ccc2c(c1)OC(C(=O)O)CC2.CCOC(=O)C1CCc2ccc(O)cc2O1. The maximum atomic E-state index is 11.5. The van der Waals surface area contributed by atoms with E-state index in [2.05, 4.69) is 6.92 Å². The van der Waals surface area contributed by atoms with E-state index in [4.69, 9.17) is 28.4 Å². The van der Waals surface area contributed by atoms with Gasteiger partial charge in [-0.2, -0.15) is 0 Å². The Morgan fingerprint density at radius 1 is 0.760 bits per heavy atom. The Morgan fingerprint density at radius 3 is 2.18 bits per heavy atom. The quantitative estimate of drug-likeness (QED) is 0.107. The van der Waals surface area contributed by atoms with Crippen LogP contribution in [0.25, 0.3) is 0 Å². The van der Waals surface area contributed by atoms with Gasteiger partial charge in [0.15, 0.2) is 12.2 Å². The van der Waals surface area contributed by atoms with Crippen LogP contribution in [0, 0.1) is 0 Å². The summed E-state index contributed by atoms with van der Waals surface area (Å²) in [5, 5.41) is 18.5. The summed E-state index contributed by atoms with van der Waals surface area (Å²) < 4.78 is 33.8. The second-order valence-electron chi connectivity index (χ2n) is 11.9. The molecule has 10 nitrogen and oxygen atoms in total. The van der Waals surface area contributed by atoms with Gasteiger partial charge in [0.2, 0.25) is 0 Å². The van der Waals surface area contributed by atoms with E-state index in [1.165, 1.54) is 6.07 Å². The van der Waals surface area contributed by atoms with Gasteiger partial charge in [0.05, 0.1) is 19.8 Å². The first-order chi connectivity index (χ1) is 24.3. The number of carbonyl (C=O) groups is 2. The monoisotopic (exact) mass is 684 g/mol. The first-order valence-electron chi connectivity index (χ1n) is 17.1. The third-order valence-corrected chi connectivity index (χ3v) is 8.15. The zero-order valence-corrected chi connectivity index (χ0v) is 28.5. The smallest absolute Gasteiger partial charge is 0.347 e. The number of benzene rings is 4. The molecule has 0 spiro atoms. The summed E-state index contributed by atoms with van der Waals surface area (Å²) in [6, 6.07) is 26.2. The molecule has 50 heavy (non-hydrogen) atoms. The molecule has 0 amide bonds. The molecule has 2 aliphatic rings. The van der Waals surface area contributed by atoms with E-state index in [1.807, 2.05) is 66.7 Å². The average Bonchev–Trinajstić information content (AvgIpc) is 3.12. The summed E-state index contributed by atoms with van der Waals surface area (Å²) in [5.41, 5.74) is 3.14. The number of rotatable bonds is 13. The molecule has 0 fully saturated rings. The lowest BCUT2D eigenvalue weighted by Crippen LogP contribution is -2.32. The normalized spacial score (nSPS) is 15.8. The van der Waals surface area contributed by atoms with E-state index < -0.39 is 18.2 Å². The summed E-state index contributed by atoms with van der Waals surface area (Å²) in [4.78, 5) is 22.7. The fourth-order valence-electron chi connectivity index (χ4n) is 5.65. The molecular formula is C40H44O10. The van der Waals surface area contributed by atoms with Gasteiger partial charge in [-0.25, -0.2) is 9.59 Å². The molecule has 2 heterocycles. The van der Waals surface area contributed by atoms with Crippen LogP contribution in [-0.2, 0) is 33.6 Å². The lowest BCUT2D eigenvalue weighted by Gasteiger charge is -2.24. The van der Waals surface area contributed by atoms with Crippen molar-refractivity contribution in [3.8, 4) is 40.2 Å². The van der Waals surface area contributed by atoms with Crippen molar-refractivity contribution in [1.82, 2.24) is 0 Å². The molecule has 0 saturated carbocycles. The van der Waals surface area contributed by atoms with Crippen LogP contribution in [0.5, 0.6) is 40.2 Å². The lowest BCUT2D eigenvalue weighted by molar-refractivity contribution is -0.152. The van der Waals surface area contributed by atoms with Crippen LogP contribution in [0.3, 0.4) is 0 Å². The van der Waals surface area contributed by atoms with Crippen LogP contribution >= 0.6 is 0 Å². The van der Waals surface area contributed by atoms with Crippen LogP contribution in [0.4, 0.5) is 0 Å². The van der Waals surface area contributed by atoms with Gasteiger partial charge in [-0.1, -0.05) is 43.7 Å². The van der Waals surface area contributed by atoms with Gasteiger partial charge >= 0.3 is 11.9 Å². The standard InChI is InChI=1S/C28H30O6.C12H14O4/c1-2-7-21-18-24(33-22-8-4-3-5-9-22)13-15-25(21)32-17-6-16-31-23-12-10-20-11-14-26(28(29)30)34-27(20)19-23;1-2-15-12(14)10-6-4-8-3-5-9(13)7-11(8)16-10/h3-5,8-10,12-13,15,18-19,26H,2,6-7,11,14,16-17H2,1H3,(H,29,30);3,5,7,10,13H,2,4,6H2,1H3. The maximum Gasteiger partial charge on any atom is 0.347 e. The zero-order chi connectivity index (χ0) is 35.3. The van der Waals surface area contributed by atoms with Gasteiger partial charge in [0, 0.05) is 18.6 Å². The molecule has 2 aliphatic heterocycles. The van der Waals surface area contributed by atoms with Crippen molar-refractivity contribution in [2.24, 2.45) is 0 Å². The third kappa shape index (κ3) is 10.1. The Kier molecular flexibility index (Phi) is 12.8. The van der Waals surface area contributed by atoms with Gasteiger partial charge in [-0.05, 0) is 98.2 Å². The van der Waals surface area contributed by atoms with Gasteiger partial charge in [0.25, 0.3) is 0 Å². The summed E-state index contributed by atoms with van der Waals surface area (Å²) >= 11 is 0. The summed E-state index contributed by atoms with van der Waals surface area (Å²) in [7, 11) is 0. The van der Waals surface area contributed by atoms with Crippen LogP contribution in [0.2, 0.25) is 0 Å². The van der Waals surface area contributed by atoms with Crippen molar-refractivity contribution in [3.63, 3.8) is 0 Å². The molecule has 264 valence electrons. The molecule has 2 unspecified atom stereocenters. The Labute approximate surface area is 292 Å². The number of carboxylic acid groups (broad SMARTS) is 1. The molecule has 0 radical (unpaired) electrons. The highest BCUT2D eigenvalue weighted by molar-refractivity contribution is 5.75. The molecule has 10 heteroatoms. The Bertz CT molecular complexity index is 1720. The molecule has 4 aromatic carbocycles. The molecule has 6 rings (SSSR count). The number of aliphatic carboxylic acids is 1. The predicted molar refractivity (Wildman–Crippen MR) is 187 cm³/mol. The number of phenolic OH excluding ortho intramolecular Hbond substituents is 1. The van der Waals surface area contributed by atoms with Crippen molar-refractivity contribution in [2.75, 3.05) is 19.8 Å². The van der Waals surface area contributed by atoms with Gasteiger partial charge in [-0.15, -0.1) is 0 Å². The number of carboxylic acids is 1. The molecule has 4 aromatic rings. The molecule has 2 N–H and O–H groups in total. The average molecular weight is 685 g/mol. The van der Waals surface area contributed by atoms with Gasteiger partial charge < -0.3 is 38.6 Å². The first kappa shape index (κ1) is 35.9. The van der Waals surface area contributed by atoms with Gasteiger partial charge in [0.1, 0.15) is 40.2 Å². The summed E-state index contributed by atoms with van der Waals surface area (Å²) in [5.74, 6) is 3.17. The lowest BCUT2D eigenvalue weighted by atomic mass is 10.0.